The largest absolute Gasteiger partial charge is 0.496 e. The van der Waals surface area contributed by atoms with E-state index in [1.807, 2.05) is 25.4 Å². The number of pyridine rings is 1. The average molecular weight is 490 g/mol. The summed E-state index contributed by atoms with van der Waals surface area (Å²) in [5.74, 6) is 1.95. The van der Waals surface area contributed by atoms with Crippen LogP contribution in [0, 0.1) is 6.92 Å². The van der Waals surface area contributed by atoms with Crippen molar-refractivity contribution in [1.82, 2.24) is 20.3 Å². The summed E-state index contributed by atoms with van der Waals surface area (Å²) in [6.45, 7) is 8.06. The third-order valence-electron chi connectivity index (χ3n) is 5.31. The number of unbranched alkanes of at least 4 members (excludes halogenated alkanes) is 1. The highest BCUT2D eigenvalue weighted by Crippen LogP contribution is 2.43. The highest BCUT2D eigenvalue weighted by molar-refractivity contribution is 7.98. The van der Waals surface area contributed by atoms with Crippen LogP contribution in [0.25, 0.3) is 22.2 Å². The van der Waals surface area contributed by atoms with Gasteiger partial charge in [0.2, 0.25) is 0 Å². The van der Waals surface area contributed by atoms with Gasteiger partial charge >= 0.3 is 0 Å². The van der Waals surface area contributed by atoms with Crippen LogP contribution in [0.15, 0.2) is 23.5 Å². The van der Waals surface area contributed by atoms with Crippen LogP contribution in [0.2, 0.25) is 5.02 Å². The molecule has 9 heteroatoms. The Morgan fingerprint density at radius 3 is 2.45 bits per heavy atom. The Balaban J connectivity index is 2.02. The van der Waals surface area contributed by atoms with Crippen molar-refractivity contribution in [1.29, 1.82) is 0 Å². The van der Waals surface area contributed by atoms with Crippen molar-refractivity contribution in [2.24, 2.45) is 0 Å². The predicted molar refractivity (Wildman–Crippen MR) is 138 cm³/mol. The summed E-state index contributed by atoms with van der Waals surface area (Å²) < 4.78 is 11.0. The normalized spacial score (nSPS) is 11.3. The second-order valence-corrected chi connectivity index (χ2v) is 9.14. The van der Waals surface area contributed by atoms with Gasteiger partial charge in [0.05, 0.1) is 24.9 Å². The molecule has 0 fully saturated rings. The molecular weight excluding hydrogens is 458 g/mol. The molecule has 7 nitrogen and oxygen atoms in total. The molecule has 2 aromatic heterocycles. The van der Waals surface area contributed by atoms with Gasteiger partial charge in [0.25, 0.3) is 0 Å². The van der Waals surface area contributed by atoms with E-state index in [1.54, 1.807) is 20.3 Å². The summed E-state index contributed by atoms with van der Waals surface area (Å²) in [5.41, 5.74) is 3.17. The predicted octanol–water partition coefficient (Wildman–Crippen LogP) is 5.58. The number of thioether (sulfide) groups is 1. The van der Waals surface area contributed by atoms with E-state index in [1.165, 1.54) is 11.8 Å². The van der Waals surface area contributed by atoms with Crippen molar-refractivity contribution in [3.63, 3.8) is 0 Å². The Hall–Kier alpha value is -2.29. The van der Waals surface area contributed by atoms with E-state index >= 15 is 0 Å². The van der Waals surface area contributed by atoms with E-state index in [2.05, 4.69) is 29.5 Å². The van der Waals surface area contributed by atoms with Crippen LogP contribution in [0.4, 0.5) is 5.82 Å². The number of hydrogen-bond donors (Lipinski definition) is 2. The Morgan fingerprint density at radius 2 is 1.79 bits per heavy atom. The maximum Gasteiger partial charge on any atom is 0.187 e. The van der Waals surface area contributed by atoms with Crippen molar-refractivity contribution in [2.75, 3.05) is 38.9 Å². The molecule has 2 N–H and O–H groups in total. The second kappa shape index (κ2) is 11.7. The molecule has 0 saturated carbocycles. The first-order chi connectivity index (χ1) is 15.9. The Bertz CT molecular complexity index is 1080. The molecule has 3 rings (SSSR count). The van der Waals surface area contributed by atoms with E-state index in [0.29, 0.717) is 39.2 Å². The lowest BCUT2D eigenvalue weighted by Gasteiger charge is -2.17. The van der Waals surface area contributed by atoms with Crippen LogP contribution in [0.3, 0.4) is 0 Å². The van der Waals surface area contributed by atoms with Gasteiger partial charge in [-0.15, -0.1) is 0 Å². The van der Waals surface area contributed by atoms with Crippen molar-refractivity contribution in [3.8, 4) is 22.8 Å². The molecule has 0 amide bonds. The average Bonchev–Trinajstić information content (AvgIpc) is 2.81. The highest BCUT2D eigenvalue weighted by Gasteiger charge is 2.20. The van der Waals surface area contributed by atoms with Crippen LogP contribution < -0.4 is 20.1 Å². The number of fused-ring (bicyclic) bond motifs is 1. The first-order valence-electron chi connectivity index (χ1n) is 11.0. The van der Waals surface area contributed by atoms with Crippen molar-refractivity contribution >= 4 is 40.1 Å². The summed E-state index contributed by atoms with van der Waals surface area (Å²) in [5, 5.41) is 9.03. The van der Waals surface area contributed by atoms with Gasteiger partial charge in [0.1, 0.15) is 17.0 Å². The standard InChI is InChI=1S/C24H32ClN5O2S/c1-14(2)26-9-7-8-10-27-23-22-16(13-28-24(30-22)33-6)11-17(29-23)20-15(3)18(31-4)12-19(32-5)21(20)25/h11-14,26H,7-10H2,1-6H3,(H,27,29). The first kappa shape index (κ1) is 25.3. The maximum atomic E-state index is 6.73. The van der Waals surface area contributed by atoms with Crippen molar-refractivity contribution in [2.45, 2.75) is 44.8 Å². The Morgan fingerprint density at radius 1 is 1.06 bits per heavy atom. The fraction of sp³-hybridized carbons (Fsp3) is 0.458. The van der Waals surface area contributed by atoms with E-state index < -0.39 is 0 Å². The number of anilines is 1. The van der Waals surface area contributed by atoms with Crippen LogP contribution >= 0.6 is 23.4 Å². The smallest absolute Gasteiger partial charge is 0.187 e. The van der Waals surface area contributed by atoms with Gasteiger partial charge in [0, 0.05) is 41.4 Å². The summed E-state index contributed by atoms with van der Waals surface area (Å²) in [4.78, 5) is 14.1. The molecule has 178 valence electrons. The summed E-state index contributed by atoms with van der Waals surface area (Å²) >= 11 is 8.24. The number of aromatic nitrogens is 3. The molecule has 0 saturated heterocycles. The number of halogens is 1. The van der Waals surface area contributed by atoms with Crippen LogP contribution in [0.5, 0.6) is 11.5 Å². The number of nitrogens with zero attached hydrogens (tertiary/aromatic N) is 3. The summed E-state index contributed by atoms with van der Waals surface area (Å²) in [7, 11) is 3.22. The number of hydrogen-bond acceptors (Lipinski definition) is 8. The van der Waals surface area contributed by atoms with Crippen LogP contribution in [0.1, 0.15) is 32.3 Å². The molecule has 0 spiro atoms. The molecule has 0 unspecified atom stereocenters. The SMILES string of the molecule is COc1cc(OC)c(Cl)c(-c2cc3cnc(SC)nc3c(NCCCCNC(C)C)n2)c1C. The van der Waals surface area contributed by atoms with E-state index in [0.717, 1.165) is 48.0 Å². The molecule has 0 aliphatic rings. The third kappa shape index (κ3) is 5.99. The van der Waals surface area contributed by atoms with Gasteiger partial charge in [-0.25, -0.2) is 15.0 Å². The van der Waals surface area contributed by atoms with Crippen molar-refractivity contribution in [3.05, 3.63) is 28.9 Å². The molecule has 0 bridgehead atoms. The molecule has 33 heavy (non-hydrogen) atoms. The zero-order valence-corrected chi connectivity index (χ0v) is 21.7. The molecule has 1 aromatic carbocycles. The van der Waals surface area contributed by atoms with Crippen molar-refractivity contribution < 1.29 is 9.47 Å². The minimum Gasteiger partial charge on any atom is -0.496 e. The minimum atomic E-state index is 0.495. The first-order valence-corrected chi connectivity index (χ1v) is 12.6. The van der Waals surface area contributed by atoms with Gasteiger partial charge in [-0.05, 0) is 38.6 Å². The lowest BCUT2D eigenvalue weighted by Crippen LogP contribution is -2.24. The van der Waals surface area contributed by atoms with Crippen LogP contribution in [-0.4, -0.2) is 54.6 Å². The highest BCUT2D eigenvalue weighted by atomic mass is 35.5. The fourth-order valence-corrected chi connectivity index (χ4v) is 4.30. The van der Waals surface area contributed by atoms with Gasteiger partial charge in [-0.2, -0.15) is 0 Å². The number of rotatable bonds is 11. The topological polar surface area (TPSA) is 81.2 Å². The quantitative estimate of drug-likeness (QED) is 0.205. The number of benzene rings is 1. The zero-order valence-electron chi connectivity index (χ0n) is 20.1. The maximum absolute atomic E-state index is 6.73. The Kier molecular flexibility index (Phi) is 9.00. The van der Waals surface area contributed by atoms with E-state index in [9.17, 15) is 0 Å². The number of nitrogens with one attached hydrogen (secondary N) is 2. The monoisotopic (exact) mass is 489 g/mol. The number of methoxy groups -OCH3 is 2. The van der Waals surface area contributed by atoms with Gasteiger partial charge in [-0.1, -0.05) is 37.2 Å². The van der Waals surface area contributed by atoms with Crippen LogP contribution in [-0.2, 0) is 0 Å². The molecule has 0 aliphatic heterocycles. The van der Waals surface area contributed by atoms with E-state index in [-0.39, 0.29) is 0 Å². The second-order valence-electron chi connectivity index (χ2n) is 7.99. The minimum absolute atomic E-state index is 0.495. The molecule has 0 aliphatic carbocycles. The van der Waals surface area contributed by atoms with Gasteiger partial charge < -0.3 is 20.1 Å². The molecule has 0 radical (unpaired) electrons. The van der Waals surface area contributed by atoms with Gasteiger partial charge in [-0.3, -0.25) is 0 Å². The lowest BCUT2D eigenvalue weighted by molar-refractivity contribution is 0.393. The molecule has 0 atom stereocenters. The summed E-state index contributed by atoms with van der Waals surface area (Å²) in [6.07, 6.45) is 5.88. The third-order valence-corrected chi connectivity index (χ3v) is 6.25. The molecule has 3 aromatic rings. The summed E-state index contributed by atoms with van der Waals surface area (Å²) in [6, 6.07) is 4.25. The lowest BCUT2D eigenvalue weighted by atomic mass is 10.0. The Labute approximate surface area is 205 Å². The fourth-order valence-electron chi connectivity index (χ4n) is 3.59. The number of ether oxygens (including phenoxy) is 2. The van der Waals surface area contributed by atoms with Gasteiger partial charge in [0.15, 0.2) is 11.0 Å². The van der Waals surface area contributed by atoms with E-state index in [4.69, 9.17) is 31.0 Å². The zero-order chi connectivity index (χ0) is 24.0. The molecule has 2 heterocycles. The molecular formula is C24H32ClN5O2S.